The Hall–Kier alpha value is -4.69. The lowest BCUT2D eigenvalue weighted by atomic mass is 10.2. The second-order valence-corrected chi connectivity index (χ2v) is 11.8. The molecule has 226 valence electrons. The van der Waals surface area contributed by atoms with Crippen molar-refractivity contribution in [3.63, 3.8) is 0 Å². The molecule has 0 fully saturated rings. The summed E-state index contributed by atoms with van der Waals surface area (Å²) in [6.45, 7) is 0.244. The molecule has 5 aromatic rings. The molecule has 0 atom stereocenters. The summed E-state index contributed by atoms with van der Waals surface area (Å²) in [6, 6.07) is 25.6. The van der Waals surface area contributed by atoms with Crippen LogP contribution in [0.5, 0.6) is 5.75 Å². The summed E-state index contributed by atoms with van der Waals surface area (Å²) in [4.78, 5) is 22.4. The molecule has 1 heterocycles. The van der Waals surface area contributed by atoms with Crippen molar-refractivity contribution in [3.8, 4) is 5.75 Å². The number of carbonyl (C=O) groups is 1. The molecule has 0 unspecified atom stereocenters. The second-order valence-electron chi connectivity index (χ2n) is 9.68. The van der Waals surface area contributed by atoms with Crippen LogP contribution in [0.2, 0.25) is 0 Å². The van der Waals surface area contributed by atoms with Crippen molar-refractivity contribution >= 4 is 62.6 Å². The van der Waals surface area contributed by atoms with Gasteiger partial charge >= 0.3 is 0 Å². The van der Waals surface area contributed by atoms with Crippen LogP contribution >= 0.6 is 12.6 Å². The molecule has 0 saturated heterocycles. The first-order valence-electron chi connectivity index (χ1n) is 13.5. The van der Waals surface area contributed by atoms with Gasteiger partial charge in [-0.3, -0.25) is 9.52 Å². The van der Waals surface area contributed by atoms with E-state index in [0.29, 0.717) is 40.3 Å². The first-order valence-corrected chi connectivity index (χ1v) is 15.4. The van der Waals surface area contributed by atoms with Gasteiger partial charge in [-0.15, -0.1) is 12.6 Å². The van der Waals surface area contributed by atoms with Gasteiger partial charge in [-0.1, -0.05) is 36.4 Å². The van der Waals surface area contributed by atoms with Crippen LogP contribution in [0.15, 0.2) is 101 Å². The van der Waals surface area contributed by atoms with E-state index >= 15 is 0 Å². The minimum Gasteiger partial charge on any atom is -0.497 e. The van der Waals surface area contributed by atoms with Crippen molar-refractivity contribution in [2.45, 2.75) is 22.9 Å². The number of ether oxygens (including phenoxy) is 1. The molecule has 5 N–H and O–H groups in total. The van der Waals surface area contributed by atoms with Crippen LogP contribution in [0.3, 0.4) is 0 Å². The summed E-state index contributed by atoms with van der Waals surface area (Å²) in [5, 5.41) is 18.5. The molecule has 0 aliphatic rings. The number of carbonyl (C=O) groups excluding carboxylic acids is 1. The number of aliphatic hydroxyl groups is 1. The average molecular weight is 631 g/mol. The van der Waals surface area contributed by atoms with Crippen molar-refractivity contribution in [2.75, 3.05) is 29.0 Å². The van der Waals surface area contributed by atoms with Crippen molar-refractivity contribution in [2.24, 2.45) is 0 Å². The SMILES string of the molecule is COc1cc(CO)cc(Nc2nc3ccccc3nc2NS(=O)(=O)c2cccc(NC(=O)CNCc3ccccc3S)c2)c1. The van der Waals surface area contributed by atoms with Crippen LogP contribution in [0, 0.1) is 0 Å². The zero-order chi connectivity index (χ0) is 31.1. The number of nitrogens with one attached hydrogen (secondary N) is 4. The van der Waals surface area contributed by atoms with E-state index in [1.54, 1.807) is 48.5 Å². The largest absolute Gasteiger partial charge is 0.497 e. The highest BCUT2D eigenvalue weighted by molar-refractivity contribution is 7.92. The number of rotatable bonds is 12. The molecule has 0 bridgehead atoms. The maximum atomic E-state index is 13.6. The number of sulfonamides is 1. The molecule has 13 heteroatoms. The van der Waals surface area contributed by atoms with Gasteiger partial charge in [-0.25, -0.2) is 18.4 Å². The Kier molecular flexibility index (Phi) is 9.60. The fraction of sp³-hybridized carbons (Fsp3) is 0.129. The van der Waals surface area contributed by atoms with E-state index in [1.165, 1.54) is 25.3 Å². The fourth-order valence-corrected chi connectivity index (χ4v) is 5.63. The number of fused-ring (bicyclic) bond motifs is 1. The Balaban J connectivity index is 1.35. The maximum Gasteiger partial charge on any atom is 0.263 e. The molecule has 44 heavy (non-hydrogen) atoms. The summed E-state index contributed by atoms with van der Waals surface area (Å²) >= 11 is 4.41. The van der Waals surface area contributed by atoms with Gasteiger partial charge in [0, 0.05) is 28.9 Å². The van der Waals surface area contributed by atoms with E-state index in [1.807, 2.05) is 24.3 Å². The van der Waals surface area contributed by atoms with E-state index in [2.05, 4.69) is 43.3 Å². The lowest BCUT2D eigenvalue weighted by molar-refractivity contribution is -0.115. The molecule has 0 spiro atoms. The molecule has 0 radical (unpaired) electrons. The summed E-state index contributed by atoms with van der Waals surface area (Å²) < 4.78 is 35.0. The Morgan fingerprint density at radius 2 is 1.61 bits per heavy atom. The van der Waals surface area contributed by atoms with Gasteiger partial charge in [0.25, 0.3) is 10.0 Å². The van der Waals surface area contributed by atoms with Gasteiger partial charge in [-0.05, 0) is 59.7 Å². The van der Waals surface area contributed by atoms with E-state index in [4.69, 9.17) is 4.74 Å². The molecular weight excluding hydrogens is 601 g/mol. The Bertz CT molecular complexity index is 1900. The summed E-state index contributed by atoms with van der Waals surface area (Å²) in [7, 11) is -2.67. The molecule has 4 aromatic carbocycles. The van der Waals surface area contributed by atoms with Crippen molar-refractivity contribution in [1.82, 2.24) is 15.3 Å². The number of aromatic nitrogens is 2. The van der Waals surface area contributed by atoms with Crippen LogP contribution < -0.4 is 25.4 Å². The topological polar surface area (TPSA) is 155 Å². The number of benzene rings is 4. The summed E-state index contributed by atoms with van der Waals surface area (Å²) in [5.74, 6) is 0.259. The lowest BCUT2D eigenvalue weighted by Gasteiger charge is -2.15. The first kappa shape index (κ1) is 30.8. The number of para-hydroxylation sites is 2. The highest BCUT2D eigenvalue weighted by Crippen LogP contribution is 2.30. The highest BCUT2D eigenvalue weighted by atomic mass is 32.2. The second kappa shape index (κ2) is 13.7. The lowest BCUT2D eigenvalue weighted by Crippen LogP contribution is -2.28. The molecule has 5 rings (SSSR count). The minimum absolute atomic E-state index is 0.0152. The maximum absolute atomic E-state index is 13.6. The minimum atomic E-state index is -4.17. The van der Waals surface area contributed by atoms with Crippen LogP contribution in [-0.2, 0) is 28.0 Å². The normalized spacial score (nSPS) is 11.2. The molecular formula is C31H30N6O5S2. The summed E-state index contributed by atoms with van der Waals surface area (Å²) in [6.07, 6.45) is 0. The third kappa shape index (κ3) is 7.63. The average Bonchev–Trinajstić information content (AvgIpc) is 3.02. The van der Waals surface area contributed by atoms with E-state index in [9.17, 15) is 18.3 Å². The molecule has 0 aliphatic carbocycles. The number of nitrogens with zero attached hydrogens (tertiary/aromatic N) is 2. The van der Waals surface area contributed by atoms with E-state index in [-0.39, 0.29) is 35.6 Å². The number of hydrogen-bond acceptors (Lipinski definition) is 10. The van der Waals surface area contributed by atoms with Gasteiger partial charge in [-0.2, -0.15) is 0 Å². The molecule has 1 aromatic heterocycles. The predicted molar refractivity (Wildman–Crippen MR) is 173 cm³/mol. The van der Waals surface area contributed by atoms with Crippen molar-refractivity contribution in [1.29, 1.82) is 0 Å². The quantitative estimate of drug-likeness (QED) is 0.108. The van der Waals surface area contributed by atoms with Gasteiger partial charge in [0.1, 0.15) is 5.75 Å². The van der Waals surface area contributed by atoms with Crippen molar-refractivity contribution in [3.05, 3.63) is 102 Å². The molecule has 11 nitrogen and oxygen atoms in total. The number of aliphatic hydroxyl groups excluding tert-OH is 1. The fourth-order valence-electron chi connectivity index (χ4n) is 4.34. The van der Waals surface area contributed by atoms with Crippen LogP contribution in [0.1, 0.15) is 11.1 Å². The van der Waals surface area contributed by atoms with E-state index in [0.717, 1.165) is 10.5 Å². The van der Waals surface area contributed by atoms with Gasteiger partial charge in [0.2, 0.25) is 5.91 Å². The zero-order valence-electron chi connectivity index (χ0n) is 23.6. The van der Waals surface area contributed by atoms with Crippen LogP contribution in [0.25, 0.3) is 11.0 Å². The standard InChI is InChI=1S/C31H30N6O5S2/c1-42-24-14-20(19-38)13-23(15-24)34-30-31(36-27-11-4-3-10-26(27)35-30)37-44(40,41)25-9-6-8-22(16-25)33-29(39)18-32-17-21-7-2-5-12-28(21)43/h2-16,32,38,43H,17-19H2,1H3,(H,33,39)(H,34,35)(H,36,37). The number of anilines is 4. The third-order valence-corrected chi connectivity index (χ3v) is 8.24. The van der Waals surface area contributed by atoms with Crippen molar-refractivity contribution < 1.29 is 23.1 Å². The van der Waals surface area contributed by atoms with E-state index < -0.39 is 10.0 Å². The van der Waals surface area contributed by atoms with Crippen LogP contribution in [-0.4, -0.2) is 43.1 Å². The Morgan fingerprint density at radius 3 is 2.34 bits per heavy atom. The Labute approximate surface area is 260 Å². The molecule has 0 saturated carbocycles. The number of hydrogen-bond donors (Lipinski definition) is 6. The van der Waals surface area contributed by atoms with Gasteiger partial charge in [0.05, 0.1) is 36.2 Å². The third-order valence-electron chi connectivity index (χ3n) is 6.47. The predicted octanol–water partition coefficient (Wildman–Crippen LogP) is 4.69. The van der Waals surface area contributed by atoms with Gasteiger partial charge in [0.15, 0.2) is 11.6 Å². The summed E-state index contributed by atoms with van der Waals surface area (Å²) in [5.41, 5.74) is 3.38. The van der Waals surface area contributed by atoms with Gasteiger partial charge < -0.3 is 25.8 Å². The first-order chi connectivity index (χ1) is 21.2. The number of amides is 1. The number of methoxy groups -OCH3 is 1. The zero-order valence-corrected chi connectivity index (χ0v) is 25.3. The Morgan fingerprint density at radius 1 is 0.886 bits per heavy atom. The van der Waals surface area contributed by atoms with Crippen LogP contribution in [0.4, 0.5) is 23.0 Å². The molecule has 1 amide bonds. The molecule has 0 aliphatic heterocycles. The smallest absolute Gasteiger partial charge is 0.263 e. The highest BCUT2D eigenvalue weighted by Gasteiger charge is 2.20. The monoisotopic (exact) mass is 630 g/mol. The number of thiol groups is 1.